The minimum absolute atomic E-state index is 0.476. The van der Waals surface area contributed by atoms with Gasteiger partial charge in [-0.05, 0) is 25.2 Å². The Morgan fingerprint density at radius 2 is 2.10 bits per heavy atom. The summed E-state index contributed by atoms with van der Waals surface area (Å²) in [6.07, 6.45) is 1.77. The smallest absolute Gasteiger partial charge is 0.122 e. The van der Waals surface area contributed by atoms with Crippen molar-refractivity contribution in [2.75, 3.05) is 7.05 Å². The van der Waals surface area contributed by atoms with Gasteiger partial charge in [-0.2, -0.15) is 0 Å². The monoisotopic (exact) mass is 312 g/mol. The van der Waals surface area contributed by atoms with Crippen molar-refractivity contribution in [1.29, 1.82) is 0 Å². The SMILES string of the molecule is CC(C)NCc1ccoc1CN(C)Cc1ccc(Cl)s1. The van der Waals surface area contributed by atoms with Crippen LogP contribution in [0.2, 0.25) is 4.34 Å². The lowest BCUT2D eigenvalue weighted by Gasteiger charge is -2.15. The Labute approximate surface area is 129 Å². The largest absolute Gasteiger partial charge is 0.468 e. The minimum Gasteiger partial charge on any atom is -0.468 e. The van der Waals surface area contributed by atoms with Gasteiger partial charge < -0.3 is 9.73 Å². The molecule has 5 heteroatoms. The molecule has 0 unspecified atom stereocenters. The second kappa shape index (κ2) is 7.27. The molecule has 0 fully saturated rings. The second-order valence-corrected chi connectivity index (χ2v) is 7.08. The van der Waals surface area contributed by atoms with Crippen LogP contribution < -0.4 is 5.32 Å². The quantitative estimate of drug-likeness (QED) is 0.833. The number of thiophene rings is 1. The van der Waals surface area contributed by atoms with Crippen LogP contribution in [0.3, 0.4) is 0 Å². The normalized spacial score (nSPS) is 11.7. The fourth-order valence-corrected chi connectivity index (χ4v) is 3.15. The van der Waals surface area contributed by atoms with Gasteiger partial charge in [0.15, 0.2) is 0 Å². The Hall–Kier alpha value is -0.810. The first-order valence-corrected chi connectivity index (χ1v) is 7.95. The molecule has 0 spiro atoms. The Morgan fingerprint density at radius 3 is 2.75 bits per heavy atom. The summed E-state index contributed by atoms with van der Waals surface area (Å²) in [6, 6.07) is 6.54. The van der Waals surface area contributed by atoms with E-state index in [2.05, 4.69) is 37.2 Å². The van der Waals surface area contributed by atoms with Crippen LogP contribution in [-0.4, -0.2) is 18.0 Å². The Morgan fingerprint density at radius 1 is 1.30 bits per heavy atom. The van der Waals surface area contributed by atoms with E-state index in [1.54, 1.807) is 17.6 Å². The average Bonchev–Trinajstić information content (AvgIpc) is 2.96. The van der Waals surface area contributed by atoms with Crippen LogP contribution in [0.1, 0.15) is 30.0 Å². The van der Waals surface area contributed by atoms with Crippen molar-refractivity contribution in [1.82, 2.24) is 10.2 Å². The first kappa shape index (κ1) is 15.6. The highest BCUT2D eigenvalue weighted by Crippen LogP contribution is 2.23. The zero-order valence-corrected chi connectivity index (χ0v) is 13.7. The summed E-state index contributed by atoms with van der Waals surface area (Å²) in [7, 11) is 2.09. The summed E-state index contributed by atoms with van der Waals surface area (Å²) in [5.41, 5.74) is 1.23. The summed E-state index contributed by atoms with van der Waals surface area (Å²) < 4.78 is 6.45. The van der Waals surface area contributed by atoms with Crippen LogP contribution in [0, 0.1) is 0 Å². The Bertz CT molecular complexity index is 535. The van der Waals surface area contributed by atoms with Gasteiger partial charge in [-0.1, -0.05) is 25.4 Å². The van der Waals surface area contributed by atoms with Gasteiger partial charge in [-0.3, -0.25) is 4.90 Å². The first-order chi connectivity index (χ1) is 9.54. The molecular weight excluding hydrogens is 292 g/mol. The predicted molar refractivity (Wildman–Crippen MR) is 85.2 cm³/mol. The van der Waals surface area contributed by atoms with E-state index in [-0.39, 0.29) is 0 Å². The highest BCUT2D eigenvalue weighted by Gasteiger charge is 2.11. The molecular formula is C15H21ClN2OS. The molecule has 1 N–H and O–H groups in total. The van der Waals surface area contributed by atoms with Crippen molar-refractivity contribution in [2.24, 2.45) is 0 Å². The topological polar surface area (TPSA) is 28.4 Å². The van der Waals surface area contributed by atoms with E-state index >= 15 is 0 Å². The van der Waals surface area contributed by atoms with E-state index in [9.17, 15) is 0 Å². The maximum atomic E-state index is 5.96. The molecule has 2 aromatic rings. The highest BCUT2D eigenvalue weighted by molar-refractivity contribution is 7.16. The molecule has 0 saturated heterocycles. The summed E-state index contributed by atoms with van der Waals surface area (Å²) in [4.78, 5) is 3.51. The molecule has 0 amide bonds. The Kier molecular flexibility index (Phi) is 5.66. The third-order valence-corrected chi connectivity index (χ3v) is 4.22. The number of hydrogen-bond donors (Lipinski definition) is 1. The summed E-state index contributed by atoms with van der Waals surface area (Å²) in [5, 5.41) is 3.42. The predicted octanol–water partition coefficient (Wildman–Crippen LogP) is 4.12. The van der Waals surface area contributed by atoms with Crippen LogP contribution in [0.15, 0.2) is 28.9 Å². The Balaban J connectivity index is 1.90. The molecule has 2 rings (SSSR count). The molecule has 20 heavy (non-hydrogen) atoms. The summed E-state index contributed by atoms with van der Waals surface area (Å²) in [5.74, 6) is 1.03. The highest BCUT2D eigenvalue weighted by atomic mass is 35.5. The molecule has 110 valence electrons. The van der Waals surface area contributed by atoms with Gasteiger partial charge in [-0.15, -0.1) is 11.3 Å². The zero-order valence-electron chi connectivity index (χ0n) is 12.1. The molecule has 3 nitrogen and oxygen atoms in total. The summed E-state index contributed by atoms with van der Waals surface area (Å²) >= 11 is 7.58. The third-order valence-electron chi connectivity index (χ3n) is 3.01. The molecule has 2 heterocycles. The van der Waals surface area contributed by atoms with E-state index in [1.165, 1.54) is 10.4 Å². The van der Waals surface area contributed by atoms with E-state index < -0.39 is 0 Å². The van der Waals surface area contributed by atoms with Crippen LogP contribution in [0.5, 0.6) is 0 Å². The average molecular weight is 313 g/mol. The van der Waals surface area contributed by atoms with Crippen LogP contribution in [0.4, 0.5) is 0 Å². The van der Waals surface area contributed by atoms with Crippen LogP contribution in [-0.2, 0) is 19.6 Å². The number of hydrogen-bond acceptors (Lipinski definition) is 4. The number of rotatable bonds is 7. The fraction of sp³-hybridized carbons (Fsp3) is 0.467. The molecule has 2 aromatic heterocycles. The first-order valence-electron chi connectivity index (χ1n) is 6.76. The van der Waals surface area contributed by atoms with Crippen molar-refractivity contribution in [2.45, 2.75) is 39.5 Å². The van der Waals surface area contributed by atoms with Gasteiger partial charge in [0.2, 0.25) is 0 Å². The molecule has 0 saturated carbocycles. The lowest BCUT2D eigenvalue weighted by molar-refractivity contribution is 0.288. The van der Waals surface area contributed by atoms with E-state index in [0.29, 0.717) is 6.04 Å². The van der Waals surface area contributed by atoms with Gasteiger partial charge in [0.05, 0.1) is 17.1 Å². The molecule has 0 atom stereocenters. The number of halogens is 1. The summed E-state index contributed by atoms with van der Waals surface area (Å²) in [6.45, 7) is 6.83. The maximum Gasteiger partial charge on any atom is 0.122 e. The molecule has 0 radical (unpaired) electrons. The van der Waals surface area contributed by atoms with Crippen molar-refractivity contribution < 1.29 is 4.42 Å². The second-order valence-electron chi connectivity index (χ2n) is 5.28. The van der Waals surface area contributed by atoms with Crippen LogP contribution in [0.25, 0.3) is 0 Å². The van der Waals surface area contributed by atoms with Gasteiger partial charge in [-0.25, -0.2) is 0 Å². The van der Waals surface area contributed by atoms with Gasteiger partial charge in [0, 0.05) is 29.6 Å². The van der Waals surface area contributed by atoms with Gasteiger partial charge in [0.1, 0.15) is 5.76 Å². The lowest BCUT2D eigenvalue weighted by atomic mass is 10.2. The minimum atomic E-state index is 0.476. The number of nitrogens with one attached hydrogen (secondary N) is 1. The van der Waals surface area contributed by atoms with E-state index in [4.69, 9.17) is 16.0 Å². The molecule has 0 aliphatic heterocycles. The molecule has 0 bridgehead atoms. The van der Waals surface area contributed by atoms with Crippen molar-refractivity contribution >= 4 is 22.9 Å². The molecule has 0 aromatic carbocycles. The van der Waals surface area contributed by atoms with Crippen molar-refractivity contribution in [3.8, 4) is 0 Å². The van der Waals surface area contributed by atoms with Crippen molar-refractivity contribution in [3.05, 3.63) is 45.0 Å². The third kappa shape index (κ3) is 4.63. The molecule has 0 aliphatic carbocycles. The van der Waals surface area contributed by atoms with E-state index in [0.717, 1.165) is 29.7 Å². The van der Waals surface area contributed by atoms with Gasteiger partial charge >= 0.3 is 0 Å². The fourth-order valence-electron chi connectivity index (χ4n) is 1.98. The van der Waals surface area contributed by atoms with E-state index in [1.807, 2.05) is 12.1 Å². The van der Waals surface area contributed by atoms with Gasteiger partial charge in [0.25, 0.3) is 0 Å². The molecule has 0 aliphatic rings. The standard InChI is InChI=1S/C15H21ClN2OS/c1-11(2)17-8-12-6-7-19-14(12)10-18(3)9-13-4-5-15(16)20-13/h4-7,11,17H,8-10H2,1-3H3. The van der Waals surface area contributed by atoms with Crippen molar-refractivity contribution in [3.63, 3.8) is 0 Å². The van der Waals surface area contributed by atoms with Crippen LogP contribution >= 0.6 is 22.9 Å². The lowest BCUT2D eigenvalue weighted by Crippen LogP contribution is -2.23. The zero-order chi connectivity index (χ0) is 14.5. The number of nitrogens with zero attached hydrogens (tertiary/aromatic N) is 1. The number of furan rings is 1. The maximum absolute atomic E-state index is 5.96.